The molecular weight excluding hydrogens is 399 g/mol. The highest BCUT2D eigenvalue weighted by atomic mass is 35.5. The molecule has 1 aromatic carbocycles. The Labute approximate surface area is 164 Å². The van der Waals surface area contributed by atoms with Crippen LogP contribution in [0, 0.1) is 0 Å². The van der Waals surface area contributed by atoms with E-state index in [9.17, 15) is 13.2 Å². The maximum atomic E-state index is 12.2. The van der Waals surface area contributed by atoms with Crippen LogP contribution in [0.5, 0.6) is 5.75 Å². The average molecular weight is 423 g/mol. The van der Waals surface area contributed by atoms with E-state index in [-0.39, 0.29) is 24.3 Å². The third-order valence-corrected chi connectivity index (χ3v) is 6.71. The van der Waals surface area contributed by atoms with Crippen LogP contribution in [0.2, 0.25) is 10.0 Å². The maximum Gasteiger partial charge on any atom is 0.258 e. The lowest BCUT2D eigenvalue weighted by atomic mass is 10.1. The fraction of sp³-hybridized carbons (Fsp3) is 0.588. The Morgan fingerprint density at radius 1 is 1.31 bits per heavy atom. The molecule has 1 aromatic rings. The van der Waals surface area contributed by atoms with Crippen LogP contribution in [0.3, 0.4) is 0 Å². The van der Waals surface area contributed by atoms with E-state index in [1.807, 2.05) is 6.92 Å². The maximum absolute atomic E-state index is 12.2. The molecule has 26 heavy (non-hydrogen) atoms. The molecule has 1 saturated heterocycles. The molecule has 9 heteroatoms. The molecule has 146 valence electrons. The number of nitrogens with one attached hydrogen (secondary N) is 1. The molecule has 0 unspecified atom stereocenters. The van der Waals surface area contributed by atoms with Gasteiger partial charge in [-0.25, -0.2) is 12.7 Å². The van der Waals surface area contributed by atoms with Crippen molar-refractivity contribution in [3.63, 3.8) is 0 Å². The van der Waals surface area contributed by atoms with Gasteiger partial charge < -0.3 is 10.1 Å². The van der Waals surface area contributed by atoms with E-state index in [0.29, 0.717) is 48.1 Å². The third-order valence-electron chi connectivity index (χ3n) is 4.22. The minimum absolute atomic E-state index is 0.0515. The van der Waals surface area contributed by atoms with Crippen LogP contribution in [-0.4, -0.2) is 50.1 Å². The highest BCUT2D eigenvalue weighted by Gasteiger charge is 2.28. The van der Waals surface area contributed by atoms with E-state index >= 15 is 0 Å². The monoisotopic (exact) mass is 422 g/mol. The van der Waals surface area contributed by atoms with Crippen molar-refractivity contribution in [2.75, 3.05) is 25.4 Å². The van der Waals surface area contributed by atoms with Gasteiger partial charge in [-0.15, -0.1) is 0 Å². The summed E-state index contributed by atoms with van der Waals surface area (Å²) in [6, 6.07) is 4.74. The molecule has 1 N–H and O–H groups in total. The molecule has 2 rings (SSSR count). The molecule has 0 aliphatic carbocycles. The fourth-order valence-electron chi connectivity index (χ4n) is 2.74. The van der Waals surface area contributed by atoms with Gasteiger partial charge in [-0.05, 0) is 37.5 Å². The van der Waals surface area contributed by atoms with Crippen LogP contribution in [0.25, 0.3) is 0 Å². The average Bonchev–Trinajstić information content (AvgIpc) is 2.60. The van der Waals surface area contributed by atoms with Crippen LogP contribution in [0.1, 0.15) is 32.6 Å². The molecule has 0 saturated carbocycles. The van der Waals surface area contributed by atoms with Crippen molar-refractivity contribution in [1.29, 1.82) is 0 Å². The van der Waals surface area contributed by atoms with Crippen molar-refractivity contribution in [2.45, 2.75) is 38.6 Å². The number of halogens is 2. The molecular formula is C17H24Cl2N2O4S. The Morgan fingerprint density at radius 3 is 2.62 bits per heavy atom. The highest BCUT2D eigenvalue weighted by Crippen LogP contribution is 2.27. The highest BCUT2D eigenvalue weighted by molar-refractivity contribution is 7.89. The summed E-state index contributed by atoms with van der Waals surface area (Å²) in [5, 5.41) is 3.72. The second-order valence-corrected chi connectivity index (χ2v) is 9.21. The van der Waals surface area contributed by atoms with E-state index in [2.05, 4.69) is 5.32 Å². The van der Waals surface area contributed by atoms with E-state index in [1.165, 1.54) is 4.31 Å². The Morgan fingerprint density at radius 2 is 2.00 bits per heavy atom. The minimum atomic E-state index is -3.18. The van der Waals surface area contributed by atoms with Crippen molar-refractivity contribution in [2.24, 2.45) is 0 Å². The van der Waals surface area contributed by atoms with Gasteiger partial charge in [-0.2, -0.15) is 0 Å². The molecule has 6 nitrogen and oxygen atoms in total. The summed E-state index contributed by atoms with van der Waals surface area (Å²) < 4.78 is 31.3. The van der Waals surface area contributed by atoms with Crippen molar-refractivity contribution < 1.29 is 17.9 Å². The van der Waals surface area contributed by atoms with Gasteiger partial charge in [0.05, 0.1) is 10.8 Å². The van der Waals surface area contributed by atoms with Crippen molar-refractivity contribution in [3.05, 3.63) is 28.2 Å². The number of carbonyl (C=O) groups is 1. The van der Waals surface area contributed by atoms with Crippen molar-refractivity contribution in [3.8, 4) is 5.75 Å². The van der Waals surface area contributed by atoms with Gasteiger partial charge in [0, 0.05) is 24.2 Å². The van der Waals surface area contributed by atoms with Crippen LogP contribution in [-0.2, 0) is 14.8 Å². The molecule has 0 aromatic heterocycles. The second kappa shape index (κ2) is 9.78. The van der Waals surface area contributed by atoms with Crippen molar-refractivity contribution in [1.82, 2.24) is 9.62 Å². The summed E-state index contributed by atoms with van der Waals surface area (Å²) in [5.74, 6) is 0.322. The standard InChI is InChI=1S/C17H24Cl2N2O4S/c1-2-3-10-26(23,24)21-8-6-14(7-9-21)20-17(22)12-25-16-5-4-13(18)11-15(16)19/h4-5,11,14H,2-3,6-10,12H2,1H3,(H,20,22). The van der Waals surface area contributed by atoms with Crippen molar-refractivity contribution >= 4 is 39.1 Å². The number of nitrogens with zero attached hydrogens (tertiary/aromatic N) is 1. The van der Waals surface area contributed by atoms with Crippen LogP contribution < -0.4 is 10.1 Å². The lowest BCUT2D eigenvalue weighted by molar-refractivity contribution is -0.124. The van der Waals surface area contributed by atoms with Crippen LogP contribution >= 0.6 is 23.2 Å². The quantitative estimate of drug-likeness (QED) is 0.697. The second-order valence-electron chi connectivity index (χ2n) is 6.27. The Balaban J connectivity index is 1.75. The number of rotatable bonds is 8. The van der Waals surface area contributed by atoms with E-state index in [4.69, 9.17) is 27.9 Å². The number of hydrogen-bond acceptors (Lipinski definition) is 4. The summed E-state index contributed by atoms with van der Waals surface area (Å²) in [6.45, 7) is 2.68. The van der Waals surface area contributed by atoms with Gasteiger partial charge in [0.15, 0.2) is 6.61 Å². The first-order chi connectivity index (χ1) is 12.3. The molecule has 1 aliphatic rings. The van der Waals surface area contributed by atoms with Crippen LogP contribution in [0.4, 0.5) is 0 Å². The van der Waals surface area contributed by atoms with Gasteiger partial charge in [-0.1, -0.05) is 36.5 Å². The summed E-state index contributed by atoms with van der Waals surface area (Å²) in [6.07, 6.45) is 2.71. The number of ether oxygens (including phenoxy) is 1. The molecule has 0 radical (unpaired) electrons. The van der Waals surface area contributed by atoms with Gasteiger partial charge in [0.1, 0.15) is 5.75 Å². The van der Waals surface area contributed by atoms with E-state index in [0.717, 1.165) is 6.42 Å². The summed E-state index contributed by atoms with van der Waals surface area (Å²) in [5.41, 5.74) is 0. The Kier molecular flexibility index (Phi) is 8.01. The lowest BCUT2D eigenvalue weighted by Gasteiger charge is -2.31. The number of amides is 1. The number of unbranched alkanes of at least 4 members (excludes halogenated alkanes) is 1. The number of benzene rings is 1. The first-order valence-corrected chi connectivity index (χ1v) is 11.0. The van der Waals surface area contributed by atoms with Gasteiger partial charge in [-0.3, -0.25) is 4.79 Å². The Hall–Kier alpha value is -1.02. The fourth-order valence-corrected chi connectivity index (χ4v) is 4.88. The lowest BCUT2D eigenvalue weighted by Crippen LogP contribution is -2.47. The van der Waals surface area contributed by atoms with Crippen LogP contribution in [0.15, 0.2) is 18.2 Å². The van der Waals surface area contributed by atoms with Gasteiger partial charge >= 0.3 is 0 Å². The minimum Gasteiger partial charge on any atom is -0.482 e. The predicted octanol–water partition coefficient (Wildman–Crippen LogP) is 3.08. The van der Waals surface area contributed by atoms with E-state index in [1.54, 1.807) is 18.2 Å². The summed E-state index contributed by atoms with van der Waals surface area (Å²) in [7, 11) is -3.18. The third kappa shape index (κ3) is 6.30. The zero-order valence-electron chi connectivity index (χ0n) is 14.7. The molecule has 1 fully saturated rings. The summed E-state index contributed by atoms with van der Waals surface area (Å²) in [4.78, 5) is 12.0. The largest absolute Gasteiger partial charge is 0.482 e. The number of hydrogen-bond donors (Lipinski definition) is 1. The first-order valence-electron chi connectivity index (χ1n) is 8.67. The zero-order chi connectivity index (χ0) is 19.2. The summed E-state index contributed by atoms with van der Waals surface area (Å²) >= 11 is 11.8. The molecule has 1 aliphatic heterocycles. The van der Waals surface area contributed by atoms with Gasteiger partial charge in [0.2, 0.25) is 10.0 Å². The molecule has 0 spiro atoms. The zero-order valence-corrected chi connectivity index (χ0v) is 17.0. The number of sulfonamides is 1. The molecule has 0 bridgehead atoms. The number of piperidine rings is 1. The topological polar surface area (TPSA) is 75.7 Å². The smallest absolute Gasteiger partial charge is 0.258 e. The molecule has 0 atom stereocenters. The molecule has 1 amide bonds. The Bertz CT molecular complexity index is 719. The number of carbonyl (C=O) groups excluding carboxylic acids is 1. The normalized spacial score (nSPS) is 16.4. The SMILES string of the molecule is CCCCS(=O)(=O)N1CCC(NC(=O)COc2ccc(Cl)cc2Cl)CC1. The first kappa shape index (κ1) is 21.3. The van der Waals surface area contributed by atoms with E-state index < -0.39 is 10.0 Å². The predicted molar refractivity (Wildman–Crippen MR) is 103 cm³/mol. The van der Waals surface area contributed by atoms with Gasteiger partial charge in [0.25, 0.3) is 5.91 Å². The molecule has 1 heterocycles.